The van der Waals surface area contributed by atoms with Gasteiger partial charge in [0.15, 0.2) is 6.04 Å². The van der Waals surface area contributed by atoms with Crippen molar-refractivity contribution in [3.05, 3.63) is 0 Å². The highest BCUT2D eigenvalue weighted by Crippen LogP contribution is 2.24. The predicted molar refractivity (Wildman–Crippen MR) is 68.1 cm³/mol. The minimum absolute atomic E-state index is 0.0403. The lowest BCUT2D eigenvalue weighted by molar-refractivity contribution is -0.144. The average molecular weight is 260 g/mol. The van der Waals surface area contributed by atoms with Gasteiger partial charge in [-0.25, -0.2) is 4.79 Å². The summed E-state index contributed by atoms with van der Waals surface area (Å²) in [6.07, 6.45) is 0.606. The van der Waals surface area contributed by atoms with Crippen molar-refractivity contribution in [1.29, 1.82) is 0 Å². The van der Waals surface area contributed by atoms with Crippen LogP contribution in [-0.2, 0) is 14.3 Å². The molecule has 0 heterocycles. The summed E-state index contributed by atoms with van der Waals surface area (Å²) in [5.41, 5.74) is 5.53. The molecule has 0 spiro atoms. The number of carbonyl (C=O) groups excluding carboxylic acids is 1. The van der Waals surface area contributed by atoms with Gasteiger partial charge in [-0.1, -0.05) is 20.8 Å². The standard InChI is InChI=1S/C12H24N2O4/c1-12(2,3)5-8(6-13)10(15)14-9(7-18-4)11(16)17/h8-9H,5-7,13H2,1-4H3,(H,14,15)(H,16,17). The summed E-state index contributed by atoms with van der Waals surface area (Å²) in [7, 11) is 1.39. The molecule has 0 aromatic carbocycles. The Labute approximate surface area is 108 Å². The number of aliphatic carboxylic acids is 1. The molecule has 6 heteroatoms. The smallest absolute Gasteiger partial charge is 0.328 e. The number of methoxy groups -OCH3 is 1. The normalized spacial score (nSPS) is 14.9. The monoisotopic (exact) mass is 260 g/mol. The summed E-state index contributed by atoms with van der Waals surface area (Å²) in [6, 6.07) is -1.03. The van der Waals surface area contributed by atoms with Crippen LogP contribution in [-0.4, -0.2) is 43.3 Å². The lowest BCUT2D eigenvalue weighted by Crippen LogP contribution is -2.48. The molecule has 0 aliphatic carbocycles. The third-order valence-electron chi connectivity index (χ3n) is 2.46. The Kier molecular flexibility index (Phi) is 6.86. The molecule has 0 fully saturated rings. The molecule has 6 nitrogen and oxygen atoms in total. The fraction of sp³-hybridized carbons (Fsp3) is 0.833. The van der Waals surface area contributed by atoms with E-state index < -0.39 is 12.0 Å². The van der Waals surface area contributed by atoms with E-state index >= 15 is 0 Å². The average Bonchev–Trinajstić information content (AvgIpc) is 2.23. The lowest BCUT2D eigenvalue weighted by atomic mass is 9.84. The first-order chi connectivity index (χ1) is 8.21. The highest BCUT2D eigenvalue weighted by molar-refractivity contribution is 5.85. The minimum atomic E-state index is -1.11. The molecular formula is C12H24N2O4. The van der Waals surface area contributed by atoms with Crippen LogP contribution in [0.5, 0.6) is 0 Å². The predicted octanol–water partition coefficient (Wildman–Crippen LogP) is 0.213. The summed E-state index contributed by atoms with van der Waals surface area (Å²) < 4.78 is 4.75. The number of carbonyl (C=O) groups is 2. The Morgan fingerprint density at radius 3 is 2.28 bits per heavy atom. The van der Waals surface area contributed by atoms with Gasteiger partial charge in [-0.15, -0.1) is 0 Å². The number of nitrogens with two attached hydrogens (primary N) is 1. The number of carboxylic acids is 1. The van der Waals surface area contributed by atoms with Crippen LogP contribution in [0.1, 0.15) is 27.2 Å². The molecule has 0 radical (unpaired) electrons. The minimum Gasteiger partial charge on any atom is -0.480 e. The van der Waals surface area contributed by atoms with Crippen molar-refractivity contribution in [1.82, 2.24) is 5.32 Å². The topological polar surface area (TPSA) is 102 Å². The molecule has 4 N–H and O–H groups in total. The molecule has 0 aromatic rings. The van der Waals surface area contributed by atoms with Gasteiger partial charge in [-0.2, -0.15) is 0 Å². The molecule has 0 aliphatic heterocycles. The summed E-state index contributed by atoms with van der Waals surface area (Å²) in [6.45, 7) is 6.16. The van der Waals surface area contributed by atoms with Crippen LogP contribution in [0.2, 0.25) is 0 Å². The van der Waals surface area contributed by atoms with E-state index in [0.29, 0.717) is 6.42 Å². The van der Waals surface area contributed by atoms with E-state index in [4.69, 9.17) is 15.6 Å². The SMILES string of the molecule is COCC(NC(=O)C(CN)CC(C)(C)C)C(=O)O. The molecule has 0 saturated carbocycles. The van der Waals surface area contributed by atoms with Gasteiger partial charge in [-0.05, 0) is 11.8 Å². The maximum absolute atomic E-state index is 11.9. The second-order valence-electron chi connectivity index (χ2n) is 5.55. The lowest BCUT2D eigenvalue weighted by Gasteiger charge is -2.25. The number of rotatable bonds is 7. The van der Waals surface area contributed by atoms with Gasteiger partial charge in [0.1, 0.15) is 0 Å². The Morgan fingerprint density at radius 2 is 1.94 bits per heavy atom. The number of hydrogen-bond donors (Lipinski definition) is 3. The molecule has 2 atom stereocenters. The molecule has 18 heavy (non-hydrogen) atoms. The van der Waals surface area contributed by atoms with Gasteiger partial charge in [-0.3, -0.25) is 4.79 Å². The van der Waals surface area contributed by atoms with Gasteiger partial charge < -0.3 is 20.9 Å². The van der Waals surface area contributed by atoms with Crippen LogP contribution in [0.25, 0.3) is 0 Å². The van der Waals surface area contributed by atoms with Crippen molar-refractivity contribution in [3.63, 3.8) is 0 Å². The Hall–Kier alpha value is -1.14. The molecule has 1 amide bonds. The zero-order valence-electron chi connectivity index (χ0n) is 11.5. The fourth-order valence-electron chi connectivity index (χ4n) is 1.65. The van der Waals surface area contributed by atoms with E-state index in [1.165, 1.54) is 7.11 Å². The Bertz CT molecular complexity index is 286. The highest BCUT2D eigenvalue weighted by Gasteiger charge is 2.27. The molecule has 0 bridgehead atoms. The van der Waals surface area contributed by atoms with Crippen molar-refractivity contribution >= 4 is 11.9 Å². The van der Waals surface area contributed by atoms with Gasteiger partial charge in [0.05, 0.1) is 12.5 Å². The first-order valence-corrected chi connectivity index (χ1v) is 5.93. The first-order valence-electron chi connectivity index (χ1n) is 5.93. The summed E-state index contributed by atoms with van der Waals surface area (Å²) in [5.74, 6) is -1.84. The fourth-order valence-corrected chi connectivity index (χ4v) is 1.65. The maximum Gasteiger partial charge on any atom is 0.328 e. The number of nitrogens with one attached hydrogen (secondary N) is 1. The van der Waals surface area contributed by atoms with Crippen LogP contribution >= 0.6 is 0 Å². The third-order valence-corrected chi connectivity index (χ3v) is 2.46. The van der Waals surface area contributed by atoms with Gasteiger partial charge in [0.25, 0.3) is 0 Å². The molecule has 0 aromatic heterocycles. The molecular weight excluding hydrogens is 236 g/mol. The van der Waals surface area contributed by atoms with E-state index in [-0.39, 0.29) is 30.4 Å². The summed E-state index contributed by atoms with van der Waals surface area (Å²) in [5, 5.41) is 11.4. The van der Waals surface area contributed by atoms with Crippen molar-refractivity contribution in [3.8, 4) is 0 Å². The third kappa shape index (κ3) is 6.56. The Morgan fingerprint density at radius 1 is 1.39 bits per heavy atom. The van der Waals surface area contributed by atoms with Crippen molar-refractivity contribution in [2.75, 3.05) is 20.3 Å². The van der Waals surface area contributed by atoms with Gasteiger partial charge in [0.2, 0.25) is 5.91 Å². The number of amides is 1. The van der Waals surface area contributed by atoms with E-state index in [0.717, 1.165) is 0 Å². The highest BCUT2D eigenvalue weighted by atomic mass is 16.5. The van der Waals surface area contributed by atoms with Crippen LogP contribution in [0.4, 0.5) is 0 Å². The molecule has 0 rings (SSSR count). The zero-order valence-corrected chi connectivity index (χ0v) is 11.5. The van der Waals surface area contributed by atoms with E-state index in [1.807, 2.05) is 20.8 Å². The van der Waals surface area contributed by atoms with Gasteiger partial charge in [0, 0.05) is 13.7 Å². The van der Waals surface area contributed by atoms with Crippen LogP contribution in [0.3, 0.4) is 0 Å². The summed E-state index contributed by atoms with van der Waals surface area (Å²) >= 11 is 0. The molecule has 106 valence electrons. The summed E-state index contributed by atoms with van der Waals surface area (Å²) in [4.78, 5) is 22.8. The van der Waals surface area contributed by atoms with Crippen LogP contribution < -0.4 is 11.1 Å². The van der Waals surface area contributed by atoms with Crippen LogP contribution in [0.15, 0.2) is 0 Å². The quantitative estimate of drug-likeness (QED) is 0.607. The maximum atomic E-state index is 11.9. The van der Waals surface area contributed by atoms with E-state index in [9.17, 15) is 9.59 Å². The van der Waals surface area contributed by atoms with Crippen molar-refractivity contribution < 1.29 is 19.4 Å². The van der Waals surface area contributed by atoms with Crippen LogP contribution in [0, 0.1) is 11.3 Å². The molecule has 2 unspecified atom stereocenters. The van der Waals surface area contributed by atoms with E-state index in [1.54, 1.807) is 0 Å². The molecule has 0 saturated heterocycles. The van der Waals surface area contributed by atoms with Crippen molar-refractivity contribution in [2.45, 2.75) is 33.2 Å². The largest absolute Gasteiger partial charge is 0.480 e. The van der Waals surface area contributed by atoms with Crippen molar-refractivity contribution in [2.24, 2.45) is 17.1 Å². The molecule has 0 aliphatic rings. The number of carboxylic acid groups (broad SMARTS) is 1. The Balaban J connectivity index is 4.55. The second-order valence-corrected chi connectivity index (χ2v) is 5.55. The number of hydrogen-bond acceptors (Lipinski definition) is 4. The number of ether oxygens (including phenoxy) is 1. The second kappa shape index (κ2) is 7.33. The zero-order chi connectivity index (χ0) is 14.3. The van der Waals surface area contributed by atoms with Gasteiger partial charge >= 0.3 is 5.97 Å². The first kappa shape index (κ1) is 16.9. The van der Waals surface area contributed by atoms with E-state index in [2.05, 4.69) is 5.32 Å².